The molecule has 8 nitrogen and oxygen atoms in total. The quantitative estimate of drug-likeness (QED) is 0.246. The van der Waals surface area contributed by atoms with E-state index in [9.17, 15) is 19.2 Å². The predicted octanol–water partition coefficient (Wildman–Crippen LogP) is 3.37. The Balaban J connectivity index is 1.44. The topological polar surface area (TPSA) is 96.3 Å². The Morgan fingerprint density at radius 3 is 2.22 bits per heavy atom. The molecule has 0 bridgehead atoms. The lowest BCUT2D eigenvalue weighted by Gasteiger charge is -2.33. The summed E-state index contributed by atoms with van der Waals surface area (Å²) in [7, 11) is 0. The lowest BCUT2D eigenvalue weighted by atomic mass is 9.83. The van der Waals surface area contributed by atoms with Crippen molar-refractivity contribution in [1.29, 1.82) is 0 Å². The fourth-order valence-corrected chi connectivity index (χ4v) is 5.53. The maximum absolute atomic E-state index is 13.9. The summed E-state index contributed by atoms with van der Waals surface area (Å²) in [5, 5.41) is 6.21. The van der Waals surface area contributed by atoms with Crippen LogP contribution in [0.1, 0.15) is 34.5 Å². The zero-order chi connectivity index (χ0) is 25.0. The molecular formula is C28H21N3O5. The van der Waals surface area contributed by atoms with Crippen molar-refractivity contribution >= 4 is 35.5 Å². The number of amides is 2. The number of esters is 1. The number of Topliss-reactive ketones (excluding diaryl/α,β-unsaturated/α-hetero) is 1. The van der Waals surface area contributed by atoms with Crippen molar-refractivity contribution in [2.45, 2.75) is 19.0 Å². The van der Waals surface area contributed by atoms with Crippen molar-refractivity contribution in [1.82, 2.24) is 5.01 Å². The molecule has 2 saturated heterocycles. The van der Waals surface area contributed by atoms with Gasteiger partial charge in [-0.15, -0.1) is 0 Å². The lowest BCUT2D eigenvalue weighted by molar-refractivity contribution is -0.132. The number of nitrogens with zero attached hydrogens (tertiary/aromatic N) is 3. The standard InChI is InChI=1S/C28H21N3O5/c1-16(32)36-20-13-11-19(12-14-20)30-27(34)22-23(28(30)35)25(26(33)17-7-3-2-4-8-17)31-24(22)21-10-6-5-9-18(21)15-29-31/h2-15,22-25H,1H3/t22-,23+,24?,25-/m0/s1. The van der Waals surface area contributed by atoms with Gasteiger partial charge in [0.1, 0.15) is 11.8 Å². The second kappa shape index (κ2) is 8.27. The van der Waals surface area contributed by atoms with Crippen LogP contribution in [0.15, 0.2) is 84.0 Å². The van der Waals surface area contributed by atoms with Gasteiger partial charge in [0.2, 0.25) is 11.8 Å². The zero-order valence-electron chi connectivity index (χ0n) is 19.3. The molecule has 3 aromatic carbocycles. The molecule has 2 amide bonds. The molecule has 4 atom stereocenters. The molecule has 0 aromatic heterocycles. The summed E-state index contributed by atoms with van der Waals surface area (Å²) in [6, 6.07) is 21.1. The summed E-state index contributed by atoms with van der Waals surface area (Å²) in [5.41, 5.74) is 2.54. The smallest absolute Gasteiger partial charge is 0.308 e. The van der Waals surface area contributed by atoms with Crippen LogP contribution < -0.4 is 9.64 Å². The van der Waals surface area contributed by atoms with Crippen LogP contribution in [0.25, 0.3) is 0 Å². The minimum absolute atomic E-state index is 0.252. The maximum atomic E-state index is 13.9. The van der Waals surface area contributed by atoms with Crippen molar-refractivity contribution in [3.8, 4) is 5.75 Å². The van der Waals surface area contributed by atoms with Gasteiger partial charge in [-0.3, -0.25) is 24.2 Å². The van der Waals surface area contributed by atoms with E-state index in [0.717, 1.165) is 16.0 Å². The Morgan fingerprint density at radius 1 is 0.833 bits per heavy atom. The van der Waals surface area contributed by atoms with E-state index in [-0.39, 0.29) is 11.7 Å². The molecule has 8 heteroatoms. The highest BCUT2D eigenvalue weighted by atomic mass is 16.5. The number of anilines is 1. The molecule has 3 aliphatic heterocycles. The van der Waals surface area contributed by atoms with Crippen LogP contribution >= 0.6 is 0 Å². The molecule has 178 valence electrons. The van der Waals surface area contributed by atoms with Gasteiger partial charge in [-0.1, -0.05) is 54.6 Å². The number of hydrogen-bond donors (Lipinski definition) is 0. The monoisotopic (exact) mass is 479 g/mol. The second-order valence-electron chi connectivity index (χ2n) is 9.02. The fourth-order valence-electron chi connectivity index (χ4n) is 5.53. The summed E-state index contributed by atoms with van der Waals surface area (Å²) in [6.07, 6.45) is 1.68. The molecule has 0 N–H and O–H groups in total. The van der Waals surface area contributed by atoms with E-state index < -0.39 is 35.8 Å². The third kappa shape index (κ3) is 3.25. The van der Waals surface area contributed by atoms with Crippen molar-refractivity contribution < 1.29 is 23.9 Å². The number of fused-ring (bicyclic) bond motifs is 5. The summed E-state index contributed by atoms with van der Waals surface area (Å²) in [6.45, 7) is 1.29. The van der Waals surface area contributed by atoms with Crippen LogP contribution in [-0.4, -0.2) is 40.8 Å². The highest BCUT2D eigenvalue weighted by Crippen LogP contribution is 2.53. The molecule has 3 aromatic rings. The van der Waals surface area contributed by atoms with Crippen molar-refractivity contribution in [2.75, 3.05) is 4.90 Å². The minimum Gasteiger partial charge on any atom is -0.427 e. The van der Waals surface area contributed by atoms with Gasteiger partial charge in [-0.2, -0.15) is 5.10 Å². The Labute approximate surface area is 206 Å². The van der Waals surface area contributed by atoms with Crippen LogP contribution in [0, 0.1) is 11.8 Å². The molecule has 6 rings (SSSR count). The molecular weight excluding hydrogens is 458 g/mol. The molecule has 36 heavy (non-hydrogen) atoms. The Morgan fingerprint density at radius 2 is 1.50 bits per heavy atom. The minimum atomic E-state index is -0.922. The van der Waals surface area contributed by atoms with Gasteiger partial charge in [0, 0.05) is 12.5 Å². The van der Waals surface area contributed by atoms with Crippen LogP contribution in [0.5, 0.6) is 5.75 Å². The number of hydrazone groups is 1. The van der Waals surface area contributed by atoms with E-state index in [4.69, 9.17) is 4.74 Å². The lowest BCUT2D eigenvalue weighted by Crippen LogP contribution is -2.44. The zero-order valence-corrected chi connectivity index (χ0v) is 19.3. The molecule has 2 fully saturated rings. The van der Waals surface area contributed by atoms with Gasteiger partial charge >= 0.3 is 5.97 Å². The molecule has 0 aliphatic carbocycles. The van der Waals surface area contributed by atoms with Crippen LogP contribution in [0.4, 0.5) is 5.69 Å². The SMILES string of the molecule is CC(=O)Oc1ccc(N2C(=O)[C@@H]3[C@H](C2=O)C2c4ccccc4C=NN2[C@@H]3C(=O)c2ccccc2)cc1. The van der Waals surface area contributed by atoms with Crippen molar-refractivity contribution in [3.05, 3.63) is 95.6 Å². The Bertz CT molecular complexity index is 1430. The summed E-state index contributed by atoms with van der Waals surface area (Å²) >= 11 is 0. The molecule has 3 aliphatic rings. The summed E-state index contributed by atoms with van der Waals surface area (Å²) in [4.78, 5) is 53.9. The van der Waals surface area contributed by atoms with Gasteiger partial charge in [-0.05, 0) is 35.4 Å². The Kier molecular flexibility index (Phi) is 5.03. The van der Waals surface area contributed by atoms with Crippen molar-refractivity contribution in [2.24, 2.45) is 16.9 Å². The first-order valence-corrected chi connectivity index (χ1v) is 11.6. The van der Waals surface area contributed by atoms with Gasteiger partial charge in [-0.25, -0.2) is 4.90 Å². The molecule has 0 spiro atoms. The number of carbonyl (C=O) groups is 4. The average molecular weight is 479 g/mol. The predicted molar refractivity (Wildman–Crippen MR) is 130 cm³/mol. The van der Waals surface area contributed by atoms with Gasteiger partial charge < -0.3 is 4.74 Å². The number of rotatable bonds is 4. The number of hydrogen-bond acceptors (Lipinski definition) is 7. The van der Waals surface area contributed by atoms with Crippen molar-refractivity contribution in [3.63, 3.8) is 0 Å². The normalized spacial score (nSPS) is 23.8. The molecule has 3 heterocycles. The summed E-state index contributed by atoms with van der Waals surface area (Å²) in [5.74, 6) is -2.91. The summed E-state index contributed by atoms with van der Waals surface area (Å²) < 4.78 is 5.07. The van der Waals surface area contributed by atoms with E-state index >= 15 is 0 Å². The number of benzene rings is 3. The van der Waals surface area contributed by atoms with Gasteiger partial charge in [0.25, 0.3) is 0 Å². The number of ether oxygens (including phenoxy) is 1. The van der Waals surface area contributed by atoms with E-state index in [1.165, 1.54) is 19.1 Å². The molecule has 0 radical (unpaired) electrons. The first kappa shape index (κ1) is 21.9. The fraction of sp³-hybridized carbons (Fsp3) is 0.179. The first-order valence-electron chi connectivity index (χ1n) is 11.6. The second-order valence-corrected chi connectivity index (χ2v) is 9.02. The number of carbonyl (C=O) groups excluding carboxylic acids is 4. The number of imide groups is 1. The van der Waals surface area contributed by atoms with E-state index in [1.54, 1.807) is 47.6 Å². The van der Waals surface area contributed by atoms with Gasteiger partial charge in [0.15, 0.2) is 5.78 Å². The number of ketones is 1. The van der Waals surface area contributed by atoms with Crippen LogP contribution in [0.2, 0.25) is 0 Å². The van der Waals surface area contributed by atoms with Crippen LogP contribution in [-0.2, 0) is 14.4 Å². The Hall–Kier alpha value is -4.59. The maximum Gasteiger partial charge on any atom is 0.308 e. The van der Waals surface area contributed by atoms with Crippen LogP contribution in [0.3, 0.4) is 0 Å². The third-order valence-corrected chi connectivity index (χ3v) is 6.98. The van der Waals surface area contributed by atoms with E-state index in [0.29, 0.717) is 17.0 Å². The van der Waals surface area contributed by atoms with E-state index in [2.05, 4.69) is 5.10 Å². The average Bonchev–Trinajstić information content (AvgIpc) is 3.37. The first-order chi connectivity index (χ1) is 17.5. The molecule has 0 saturated carbocycles. The highest BCUT2D eigenvalue weighted by molar-refractivity contribution is 6.24. The van der Waals surface area contributed by atoms with E-state index in [1.807, 2.05) is 30.3 Å². The largest absolute Gasteiger partial charge is 0.427 e. The molecule has 1 unspecified atom stereocenters. The highest BCUT2D eigenvalue weighted by Gasteiger charge is 2.65. The third-order valence-electron chi connectivity index (χ3n) is 6.98. The van der Waals surface area contributed by atoms with Gasteiger partial charge in [0.05, 0.1) is 29.8 Å².